The maximum atomic E-state index is 7.21. The molecule has 2 aromatic rings. The Morgan fingerprint density at radius 2 is 1.82 bits per heavy atom. The summed E-state index contributed by atoms with van der Waals surface area (Å²) < 4.78 is 0. The minimum atomic E-state index is 0.668. The maximum absolute atomic E-state index is 7.21. The van der Waals surface area contributed by atoms with Gasteiger partial charge in [0.25, 0.3) is 0 Å². The van der Waals surface area contributed by atoms with Crippen LogP contribution in [0.25, 0.3) is 20.8 Å². The average Bonchev–Trinajstić information content (AvgIpc) is 2.75. The molecule has 0 fully saturated rings. The van der Waals surface area contributed by atoms with Gasteiger partial charge in [-0.2, -0.15) is 0 Å². The van der Waals surface area contributed by atoms with Gasteiger partial charge < -0.3 is 0 Å². The topological polar surface area (TPSA) is 8.72 Å². The molecule has 0 saturated heterocycles. The van der Waals surface area contributed by atoms with Crippen LogP contribution in [0.4, 0.5) is 11.4 Å². The van der Waals surface area contributed by atoms with Crippen LogP contribution in [0.1, 0.15) is 11.1 Å². The van der Waals surface area contributed by atoms with E-state index in [2.05, 4.69) is 15.8 Å². The number of fused-ring (bicyclic) bond motifs is 3. The fraction of sp³-hybridized carbons (Fsp3) is 0.0667. The van der Waals surface area contributed by atoms with E-state index in [4.69, 9.17) is 13.1 Å². The van der Waals surface area contributed by atoms with Crippen LogP contribution in [0.3, 0.4) is 0 Å². The van der Waals surface area contributed by atoms with Crippen LogP contribution in [0.15, 0.2) is 36.4 Å². The van der Waals surface area contributed by atoms with Gasteiger partial charge in [-0.3, -0.25) is 0 Å². The van der Waals surface area contributed by atoms with E-state index in [0.717, 1.165) is 23.1 Å². The highest BCUT2D eigenvalue weighted by molar-refractivity contribution is 5.88. The first kappa shape index (κ1) is 9.63. The first-order chi connectivity index (χ1) is 8.33. The molecule has 1 aliphatic rings. The molecule has 0 amide bonds. The van der Waals surface area contributed by atoms with Gasteiger partial charge in [0.2, 0.25) is 0 Å². The summed E-state index contributed by atoms with van der Waals surface area (Å²) in [5, 5.41) is 0. The van der Waals surface area contributed by atoms with E-state index < -0.39 is 0 Å². The van der Waals surface area contributed by atoms with Crippen molar-refractivity contribution < 1.29 is 0 Å². The molecule has 0 saturated carbocycles. The Morgan fingerprint density at radius 3 is 2.59 bits per heavy atom. The Balaban J connectivity index is 2.29. The SMILES string of the molecule is [C-]#[N+]c1ccc2c(c1)Cc1cccc([N+]#[C-])c1-2. The van der Waals surface area contributed by atoms with Crippen LogP contribution < -0.4 is 0 Å². The second kappa shape index (κ2) is 3.47. The summed E-state index contributed by atoms with van der Waals surface area (Å²) in [5.74, 6) is 0. The quantitative estimate of drug-likeness (QED) is 0.494. The van der Waals surface area contributed by atoms with Crippen molar-refractivity contribution >= 4 is 11.4 Å². The van der Waals surface area contributed by atoms with Crippen LogP contribution in [-0.2, 0) is 6.42 Å². The van der Waals surface area contributed by atoms with Crippen molar-refractivity contribution in [3.8, 4) is 11.1 Å². The smallest absolute Gasteiger partial charge is 0.195 e. The Labute approximate surface area is 99.8 Å². The number of nitrogens with zero attached hydrogens (tertiary/aromatic N) is 2. The van der Waals surface area contributed by atoms with E-state index >= 15 is 0 Å². The summed E-state index contributed by atoms with van der Waals surface area (Å²) in [4.78, 5) is 7.02. The Morgan fingerprint density at radius 1 is 0.941 bits per heavy atom. The molecule has 0 aromatic heterocycles. The van der Waals surface area contributed by atoms with Gasteiger partial charge in [-0.15, -0.1) is 0 Å². The Hall–Kier alpha value is -2.58. The minimum Gasteiger partial charge on any atom is -0.238 e. The first-order valence-corrected chi connectivity index (χ1v) is 5.33. The van der Waals surface area contributed by atoms with Crippen molar-refractivity contribution in [2.75, 3.05) is 0 Å². The minimum absolute atomic E-state index is 0.668. The maximum Gasteiger partial charge on any atom is 0.195 e. The lowest BCUT2D eigenvalue weighted by Crippen LogP contribution is -1.78. The van der Waals surface area contributed by atoms with Crippen LogP contribution in [0.5, 0.6) is 0 Å². The predicted octanol–water partition coefficient (Wildman–Crippen LogP) is 4.36. The highest BCUT2D eigenvalue weighted by Crippen LogP contribution is 2.43. The van der Waals surface area contributed by atoms with Crippen molar-refractivity contribution in [2.45, 2.75) is 6.42 Å². The molecule has 0 atom stereocenters. The number of hydrogen-bond acceptors (Lipinski definition) is 0. The van der Waals surface area contributed by atoms with E-state index in [0.29, 0.717) is 11.4 Å². The molecule has 17 heavy (non-hydrogen) atoms. The summed E-state index contributed by atoms with van der Waals surface area (Å²) in [6, 6.07) is 11.5. The van der Waals surface area contributed by atoms with Gasteiger partial charge in [-0.25, -0.2) is 9.69 Å². The Bertz CT molecular complexity index is 700. The first-order valence-electron chi connectivity index (χ1n) is 5.33. The van der Waals surface area contributed by atoms with Gasteiger partial charge >= 0.3 is 0 Å². The molecule has 0 aliphatic heterocycles. The monoisotopic (exact) mass is 216 g/mol. The summed E-state index contributed by atoms with van der Waals surface area (Å²) in [7, 11) is 0. The van der Waals surface area contributed by atoms with Gasteiger partial charge in [-0.05, 0) is 28.7 Å². The largest absolute Gasteiger partial charge is 0.238 e. The lowest BCUT2D eigenvalue weighted by molar-refractivity contribution is 1.27. The van der Waals surface area contributed by atoms with Gasteiger partial charge in [0.1, 0.15) is 0 Å². The molecule has 0 bridgehead atoms. The van der Waals surface area contributed by atoms with Crippen molar-refractivity contribution in [3.05, 3.63) is 70.4 Å². The second-order valence-corrected chi connectivity index (χ2v) is 4.05. The molecule has 2 nitrogen and oxygen atoms in total. The lowest BCUT2D eigenvalue weighted by atomic mass is 10.0. The third kappa shape index (κ3) is 1.32. The molecule has 0 unspecified atom stereocenters. The van der Waals surface area contributed by atoms with Gasteiger partial charge in [0.05, 0.1) is 13.1 Å². The molecular weight excluding hydrogens is 208 g/mol. The van der Waals surface area contributed by atoms with Crippen molar-refractivity contribution in [3.63, 3.8) is 0 Å². The highest BCUT2D eigenvalue weighted by Gasteiger charge is 2.20. The fourth-order valence-electron chi connectivity index (χ4n) is 2.38. The van der Waals surface area contributed by atoms with E-state index in [1.54, 1.807) is 0 Å². The molecule has 2 heteroatoms. The van der Waals surface area contributed by atoms with Crippen molar-refractivity contribution in [1.29, 1.82) is 0 Å². The van der Waals surface area contributed by atoms with E-state index in [9.17, 15) is 0 Å². The van der Waals surface area contributed by atoms with Crippen molar-refractivity contribution in [1.82, 2.24) is 0 Å². The number of rotatable bonds is 0. The van der Waals surface area contributed by atoms with Gasteiger partial charge in [0.15, 0.2) is 11.4 Å². The van der Waals surface area contributed by atoms with Gasteiger partial charge in [0, 0.05) is 0 Å². The average molecular weight is 216 g/mol. The molecule has 2 aromatic carbocycles. The molecular formula is C15H8N2. The Kier molecular flexibility index (Phi) is 1.97. The van der Waals surface area contributed by atoms with E-state index in [1.807, 2.05) is 30.3 Å². The van der Waals surface area contributed by atoms with Crippen LogP contribution in [0.2, 0.25) is 0 Å². The summed E-state index contributed by atoms with van der Waals surface area (Å²) in [5.41, 5.74) is 5.88. The zero-order valence-electron chi connectivity index (χ0n) is 9.07. The molecule has 0 radical (unpaired) electrons. The third-order valence-electron chi connectivity index (χ3n) is 3.12. The van der Waals surface area contributed by atoms with Crippen LogP contribution >= 0.6 is 0 Å². The molecule has 0 spiro atoms. The van der Waals surface area contributed by atoms with Gasteiger partial charge in [-0.1, -0.05) is 36.4 Å². The lowest BCUT2D eigenvalue weighted by Gasteiger charge is -2.03. The predicted molar refractivity (Wildman–Crippen MR) is 67.2 cm³/mol. The molecule has 1 aliphatic carbocycles. The van der Waals surface area contributed by atoms with Crippen LogP contribution in [0, 0.1) is 13.1 Å². The molecule has 0 heterocycles. The zero-order valence-corrected chi connectivity index (χ0v) is 9.07. The highest BCUT2D eigenvalue weighted by atomic mass is 14.7. The summed E-state index contributed by atoms with van der Waals surface area (Å²) >= 11 is 0. The van der Waals surface area contributed by atoms with E-state index in [-0.39, 0.29) is 0 Å². The molecule has 3 rings (SSSR count). The number of benzene rings is 2. The standard InChI is InChI=1S/C15H8N2/c1-16-12-6-7-13-11(9-12)8-10-4-3-5-14(17-2)15(10)13/h3-7,9H,8H2. The zero-order chi connectivity index (χ0) is 11.8. The van der Waals surface area contributed by atoms with Crippen molar-refractivity contribution in [2.24, 2.45) is 0 Å². The molecule has 78 valence electrons. The third-order valence-corrected chi connectivity index (χ3v) is 3.12. The van der Waals surface area contributed by atoms with E-state index in [1.165, 1.54) is 5.56 Å². The molecule has 0 N–H and O–H groups in total. The normalized spacial score (nSPS) is 11.2. The summed E-state index contributed by atoms with van der Waals surface area (Å²) in [6.07, 6.45) is 0.831. The second-order valence-electron chi connectivity index (χ2n) is 4.05. The fourth-order valence-corrected chi connectivity index (χ4v) is 2.38. The van der Waals surface area contributed by atoms with Crippen LogP contribution in [-0.4, -0.2) is 0 Å². The number of hydrogen-bond donors (Lipinski definition) is 0. The summed E-state index contributed by atoms with van der Waals surface area (Å²) in [6.45, 7) is 14.2.